The molecule has 0 aliphatic carbocycles. The monoisotopic (exact) mass is 326 g/mol. The average molecular weight is 326 g/mol. The third-order valence-corrected chi connectivity index (χ3v) is 4.77. The topological polar surface area (TPSA) is 46.3 Å². The Labute approximate surface area is 142 Å². The predicted octanol–water partition coefficient (Wildman–Crippen LogP) is 3.55. The number of benzene rings is 2. The molecule has 1 aliphatic rings. The average Bonchev–Trinajstić information content (AvgIpc) is 2.59. The maximum atomic E-state index is 13.0. The van der Waals surface area contributed by atoms with Crippen LogP contribution in [0.5, 0.6) is 0 Å². The maximum absolute atomic E-state index is 13.0. The first-order chi connectivity index (χ1) is 11.6. The van der Waals surface area contributed by atoms with Gasteiger partial charge in [-0.05, 0) is 68.1 Å². The fourth-order valence-corrected chi connectivity index (χ4v) is 3.34. The molecule has 24 heavy (non-hydrogen) atoms. The summed E-state index contributed by atoms with van der Waals surface area (Å²) in [6.07, 6.45) is 3.11. The first-order valence-corrected chi connectivity index (χ1v) is 8.46. The predicted molar refractivity (Wildman–Crippen MR) is 94.5 cm³/mol. The fraction of sp³-hybridized carbons (Fsp3) is 0.350. The number of halogens is 1. The van der Waals surface area contributed by atoms with Gasteiger partial charge in [-0.1, -0.05) is 24.3 Å². The van der Waals surface area contributed by atoms with Crippen LogP contribution in [0.1, 0.15) is 28.8 Å². The van der Waals surface area contributed by atoms with Crippen molar-refractivity contribution in [2.45, 2.75) is 19.3 Å². The lowest BCUT2D eigenvalue weighted by Gasteiger charge is -2.31. The van der Waals surface area contributed by atoms with Crippen molar-refractivity contribution in [1.29, 1.82) is 0 Å². The van der Waals surface area contributed by atoms with E-state index in [9.17, 15) is 9.18 Å². The largest absolute Gasteiger partial charge is 0.398 e. The second-order valence-electron chi connectivity index (χ2n) is 6.56. The molecule has 1 fully saturated rings. The van der Waals surface area contributed by atoms with Crippen molar-refractivity contribution in [3.63, 3.8) is 0 Å². The van der Waals surface area contributed by atoms with Crippen LogP contribution in [0.25, 0.3) is 0 Å². The van der Waals surface area contributed by atoms with Crippen LogP contribution >= 0.6 is 0 Å². The van der Waals surface area contributed by atoms with Gasteiger partial charge in [-0.2, -0.15) is 0 Å². The third kappa shape index (κ3) is 4.20. The number of rotatable bonds is 5. The summed E-state index contributed by atoms with van der Waals surface area (Å²) in [4.78, 5) is 14.6. The number of para-hydroxylation sites is 1. The zero-order valence-electron chi connectivity index (χ0n) is 13.7. The molecule has 3 rings (SSSR count). The Hall–Kier alpha value is -2.20. The minimum Gasteiger partial charge on any atom is -0.398 e. The molecule has 0 atom stereocenters. The van der Waals surface area contributed by atoms with Gasteiger partial charge in [-0.3, -0.25) is 9.69 Å². The minimum atomic E-state index is -0.188. The van der Waals surface area contributed by atoms with E-state index in [2.05, 4.69) is 4.90 Å². The third-order valence-electron chi connectivity index (χ3n) is 4.77. The van der Waals surface area contributed by atoms with Gasteiger partial charge in [-0.25, -0.2) is 4.39 Å². The van der Waals surface area contributed by atoms with Crippen LogP contribution < -0.4 is 5.73 Å². The Morgan fingerprint density at radius 3 is 2.42 bits per heavy atom. The zero-order valence-corrected chi connectivity index (χ0v) is 13.7. The van der Waals surface area contributed by atoms with Crippen LogP contribution in [0, 0.1) is 11.7 Å². The van der Waals surface area contributed by atoms with E-state index in [-0.39, 0.29) is 11.6 Å². The fourth-order valence-electron chi connectivity index (χ4n) is 3.34. The molecule has 2 aromatic carbocycles. The molecular formula is C20H23FN2O. The molecule has 0 radical (unpaired) electrons. The number of carbonyl (C=O) groups is 1. The van der Waals surface area contributed by atoms with Crippen molar-refractivity contribution in [2.24, 2.45) is 5.92 Å². The van der Waals surface area contributed by atoms with Crippen molar-refractivity contribution in [3.05, 3.63) is 65.5 Å². The number of hydrogen-bond donors (Lipinski definition) is 1. The van der Waals surface area contributed by atoms with Crippen LogP contribution in [-0.2, 0) is 6.42 Å². The number of anilines is 1. The SMILES string of the molecule is Nc1ccccc1C(=O)CN1CCC(Cc2ccc(F)cc2)CC1. The Balaban J connectivity index is 1.49. The quantitative estimate of drug-likeness (QED) is 0.675. The van der Waals surface area contributed by atoms with E-state index in [1.807, 2.05) is 24.3 Å². The van der Waals surface area contributed by atoms with Crippen LogP contribution in [0.2, 0.25) is 0 Å². The van der Waals surface area contributed by atoms with Gasteiger partial charge in [0.25, 0.3) is 0 Å². The Morgan fingerprint density at radius 1 is 1.08 bits per heavy atom. The second kappa shape index (κ2) is 7.58. The molecule has 0 bridgehead atoms. The highest BCUT2D eigenvalue weighted by atomic mass is 19.1. The van der Waals surface area contributed by atoms with E-state index < -0.39 is 0 Å². The molecule has 1 heterocycles. The number of nitrogens with two attached hydrogens (primary N) is 1. The van der Waals surface area contributed by atoms with Gasteiger partial charge >= 0.3 is 0 Å². The summed E-state index contributed by atoms with van der Waals surface area (Å²) in [5.74, 6) is 0.501. The number of nitrogens with zero attached hydrogens (tertiary/aromatic N) is 1. The Kier molecular flexibility index (Phi) is 5.26. The molecule has 0 aromatic heterocycles. The number of carbonyl (C=O) groups excluding carboxylic acids is 1. The second-order valence-corrected chi connectivity index (χ2v) is 6.56. The summed E-state index contributed by atoms with van der Waals surface area (Å²) in [6, 6.07) is 14.0. The summed E-state index contributed by atoms with van der Waals surface area (Å²) in [5.41, 5.74) is 8.23. The van der Waals surface area contributed by atoms with Crippen molar-refractivity contribution in [2.75, 3.05) is 25.4 Å². The van der Waals surface area contributed by atoms with E-state index in [1.54, 1.807) is 12.1 Å². The lowest BCUT2D eigenvalue weighted by atomic mass is 9.90. The molecule has 1 saturated heterocycles. The highest BCUT2D eigenvalue weighted by Gasteiger charge is 2.22. The van der Waals surface area contributed by atoms with Crippen molar-refractivity contribution >= 4 is 11.5 Å². The molecular weight excluding hydrogens is 303 g/mol. The van der Waals surface area contributed by atoms with Gasteiger partial charge in [0.05, 0.1) is 6.54 Å². The van der Waals surface area contributed by atoms with Gasteiger partial charge in [-0.15, -0.1) is 0 Å². The minimum absolute atomic E-state index is 0.0880. The lowest BCUT2D eigenvalue weighted by molar-refractivity contribution is 0.0896. The Bertz CT molecular complexity index is 691. The van der Waals surface area contributed by atoms with Crippen molar-refractivity contribution in [3.8, 4) is 0 Å². The standard InChI is InChI=1S/C20H23FN2O/c21-17-7-5-15(6-8-17)13-16-9-11-23(12-10-16)14-20(24)18-3-1-2-4-19(18)22/h1-8,16H,9-14,22H2. The number of nitrogen functional groups attached to an aromatic ring is 1. The van der Waals surface area contributed by atoms with E-state index in [0.717, 1.165) is 32.4 Å². The number of Topliss-reactive ketones (excluding diaryl/α,β-unsaturated/α-hetero) is 1. The number of likely N-dealkylation sites (tertiary alicyclic amines) is 1. The number of hydrogen-bond acceptors (Lipinski definition) is 3. The summed E-state index contributed by atoms with van der Waals surface area (Å²) in [7, 11) is 0. The molecule has 2 N–H and O–H groups in total. The molecule has 3 nitrogen and oxygen atoms in total. The first kappa shape index (κ1) is 16.7. The van der Waals surface area contributed by atoms with Crippen LogP contribution in [-0.4, -0.2) is 30.3 Å². The molecule has 0 unspecified atom stereocenters. The van der Waals surface area contributed by atoms with Crippen molar-refractivity contribution in [1.82, 2.24) is 4.90 Å². The van der Waals surface area contributed by atoms with Gasteiger partial charge in [0.15, 0.2) is 5.78 Å². The number of ketones is 1. The normalized spacial score (nSPS) is 16.2. The molecule has 0 spiro atoms. The molecule has 1 aliphatic heterocycles. The summed E-state index contributed by atoms with van der Waals surface area (Å²) in [5, 5.41) is 0. The highest BCUT2D eigenvalue weighted by Crippen LogP contribution is 2.22. The van der Waals surface area contributed by atoms with Gasteiger partial charge in [0.1, 0.15) is 5.82 Å². The first-order valence-electron chi connectivity index (χ1n) is 8.46. The van der Waals surface area contributed by atoms with E-state index in [1.165, 1.54) is 17.7 Å². The summed E-state index contributed by atoms with van der Waals surface area (Å²) >= 11 is 0. The van der Waals surface area contributed by atoms with E-state index in [4.69, 9.17) is 5.73 Å². The zero-order chi connectivity index (χ0) is 16.9. The molecule has 2 aromatic rings. The van der Waals surface area contributed by atoms with Crippen LogP contribution in [0.3, 0.4) is 0 Å². The molecule has 0 amide bonds. The van der Waals surface area contributed by atoms with Gasteiger partial charge in [0.2, 0.25) is 0 Å². The molecule has 4 heteroatoms. The highest BCUT2D eigenvalue weighted by molar-refractivity contribution is 6.02. The van der Waals surface area contributed by atoms with Crippen molar-refractivity contribution < 1.29 is 9.18 Å². The summed E-state index contributed by atoms with van der Waals surface area (Å²) in [6.45, 7) is 2.27. The Morgan fingerprint density at radius 2 is 1.75 bits per heavy atom. The number of piperidine rings is 1. The maximum Gasteiger partial charge on any atom is 0.178 e. The van der Waals surface area contributed by atoms with Gasteiger partial charge < -0.3 is 5.73 Å². The summed E-state index contributed by atoms with van der Waals surface area (Å²) < 4.78 is 13.0. The van der Waals surface area contributed by atoms with Crippen LogP contribution in [0.15, 0.2) is 48.5 Å². The molecule has 0 saturated carbocycles. The van der Waals surface area contributed by atoms with E-state index in [0.29, 0.717) is 23.7 Å². The molecule has 126 valence electrons. The van der Waals surface area contributed by atoms with Crippen LogP contribution in [0.4, 0.5) is 10.1 Å². The smallest absolute Gasteiger partial charge is 0.178 e. The lowest BCUT2D eigenvalue weighted by Crippen LogP contribution is -2.38. The van der Waals surface area contributed by atoms with Gasteiger partial charge in [0, 0.05) is 11.3 Å². The van der Waals surface area contributed by atoms with E-state index >= 15 is 0 Å².